The van der Waals surface area contributed by atoms with Gasteiger partial charge in [-0.05, 0) is 30.3 Å². The maximum atomic E-state index is 8.97. The number of nitrogens with zero attached hydrogens (tertiary/aromatic N) is 3. The van der Waals surface area contributed by atoms with Crippen LogP contribution < -0.4 is 10.6 Å². The summed E-state index contributed by atoms with van der Waals surface area (Å²) in [5.74, 6) is 1.26. The number of hydrogen-bond acceptors (Lipinski definition) is 5. The minimum absolute atomic E-state index is 0.549. The van der Waals surface area contributed by atoms with E-state index in [4.69, 9.17) is 5.26 Å². The molecule has 3 aromatic rings. The first-order valence-corrected chi connectivity index (χ1v) is 6.52. The highest BCUT2D eigenvalue weighted by molar-refractivity contribution is 5.91. The van der Waals surface area contributed by atoms with Crippen molar-refractivity contribution < 1.29 is 0 Å². The van der Waals surface area contributed by atoms with Crippen LogP contribution in [0.1, 0.15) is 5.56 Å². The average Bonchev–Trinajstić information content (AvgIpc) is 2.55. The van der Waals surface area contributed by atoms with E-state index in [1.165, 1.54) is 0 Å². The van der Waals surface area contributed by atoms with E-state index < -0.39 is 0 Å². The quantitative estimate of drug-likeness (QED) is 0.767. The Morgan fingerprint density at radius 3 is 2.71 bits per heavy atom. The topological polar surface area (TPSA) is 73.6 Å². The third-order valence-electron chi connectivity index (χ3n) is 3.08. The SMILES string of the molecule is CNc1nc(Nc2cccc(C#N)c2)c2ccccc2n1. The lowest BCUT2D eigenvalue weighted by Gasteiger charge is -2.10. The van der Waals surface area contributed by atoms with Crippen LogP contribution in [0.25, 0.3) is 10.9 Å². The van der Waals surface area contributed by atoms with Gasteiger partial charge >= 0.3 is 0 Å². The first kappa shape index (κ1) is 12.9. The van der Waals surface area contributed by atoms with Gasteiger partial charge in [-0.2, -0.15) is 10.2 Å². The Balaban J connectivity index is 2.08. The molecule has 1 aromatic heterocycles. The van der Waals surface area contributed by atoms with Crippen molar-refractivity contribution in [1.29, 1.82) is 5.26 Å². The molecule has 0 aliphatic rings. The smallest absolute Gasteiger partial charge is 0.224 e. The molecule has 0 spiro atoms. The van der Waals surface area contributed by atoms with E-state index in [1.54, 1.807) is 19.2 Å². The van der Waals surface area contributed by atoms with E-state index in [-0.39, 0.29) is 0 Å². The van der Waals surface area contributed by atoms with Gasteiger partial charge < -0.3 is 10.6 Å². The third kappa shape index (κ3) is 2.60. The predicted molar refractivity (Wildman–Crippen MR) is 83.5 cm³/mol. The summed E-state index contributed by atoms with van der Waals surface area (Å²) < 4.78 is 0. The van der Waals surface area contributed by atoms with Crippen LogP contribution in [0.5, 0.6) is 0 Å². The van der Waals surface area contributed by atoms with E-state index in [1.807, 2.05) is 36.4 Å². The van der Waals surface area contributed by atoms with Crippen LogP contribution in [0.4, 0.5) is 17.5 Å². The second kappa shape index (κ2) is 5.47. The van der Waals surface area contributed by atoms with Crippen molar-refractivity contribution in [2.24, 2.45) is 0 Å². The van der Waals surface area contributed by atoms with Crippen molar-refractivity contribution >= 4 is 28.4 Å². The first-order valence-electron chi connectivity index (χ1n) is 6.52. The number of rotatable bonds is 3. The molecule has 3 rings (SSSR count). The molecule has 5 nitrogen and oxygen atoms in total. The molecule has 0 saturated carbocycles. The van der Waals surface area contributed by atoms with Gasteiger partial charge in [-0.1, -0.05) is 18.2 Å². The Hall–Kier alpha value is -3.13. The summed E-state index contributed by atoms with van der Waals surface area (Å²) >= 11 is 0. The maximum Gasteiger partial charge on any atom is 0.224 e. The molecule has 2 N–H and O–H groups in total. The number of fused-ring (bicyclic) bond motifs is 1. The number of para-hydroxylation sites is 1. The molecule has 2 aromatic carbocycles. The lowest BCUT2D eigenvalue weighted by Crippen LogP contribution is -2.02. The summed E-state index contributed by atoms with van der Waals surface area (Å²) in [5, 5.41) is 16.1. The van der Waals surface area contributed by atoms with Gasteiger partial charge in [0.25, 0.3) is 0 Å². The fourth-order valence-electron chi connectivity index (χ4n) is 2.09. The van der Waals surface area contributed by atoms with Gasteiger partial charge in [0.15, 0.2) is 0 Å². The largest absolute Gasteiger partial charge is 0.357 e. The van der Waals surface area contributed by atoms with Gasteiger partial charge in [0.2, 0.25) is 5.95 Å². The van der Waals surface area contributed by atoms with Crippen molar-refractivity contribution in [3.05, 3.63) is 54.1 Å². The molecule has 0 aliphatic carbocycles. The molecule has 0 amide bonds. The Bertz CT molecular complexity index is 835. The highest BCUT2D eigenvalue weighted by Gasteiger charge is 2.07. The molecule has 0 unspecified atom stereocenters. The molecular weight excluding hydrogens is 262 g/mol. The van der Waals surface area contributed by atoms with Crippen LogP contribution in [-0.4, -0.2) is 17.0 Å². The fraction of sp³-hybridized carbons (Fsp3) is 0.0625. The number of nitriles is 1. The van der Waals surface area contributed by atoms with E-state index >= 15 is 0 Å². The standard InChI is InChI=1S/C16H13N5/c1-18-16-20-14-8-3-2-7-13(14)15(21-16)19-12-6-4-5-11(9-12)10-17/h2-9H,1H3,(H2,18,19,20,21). The molecule has 0 aliphatic heterocycles. The van der Waals surface area contributed by atoms with Crippen molar-refractivity contribution in [3.8, 4) is 6.07 Å². The first-order chi connectivity index (χ1) is 10.3. The molecular formula is C16H13N5. The number of anilines is 3. The molecule has 0 fully saturated rings. The normalized spacial score (nSPS) is 10.1. The summed E-state index contributed by atoms with van der Waals surface area (Å²) in [5.41, 5.74) is 2.28. The highest BCUT2D eigenvalue weighted by atomic mass is 15.1. The van der Waals surface area contributed by atoms with Crippen molar-refractivity contribution in [2.45, 2.75) is 0 Å². The van der Waals surface area contributed by atoms with Crippen LogP contribution in [0.3, 0.4) is 0 Å². The molecule has 0 atom stereocenters. The van der Waals surface area contributed by atoms with Crippen LogP contribution in [0, 0.1) is 11.3 Å². The summed E-state index contributed by atoms with van der Waals surface area (Å²) in [4.78, 5) is 8.87. The molecule has 21 heavy (non-hydrogen) atoms. The lowest BCUT2D eigenvalue weighted by molar-refractivity contribution is 1.19. The Morgan fingerprint density at radius 1 is 1.05 bits per heavy atom. The molecule has 5 heteroatoms. The number of benzene rings is 2. The number of aromatic nitrogens is 2. The van der Waals surface area contributed by atoms with Crippen molar-refractivity contribution in [2.75, 3.05) is 17.7 Å². The van der Waals surface area contributed by atoms with Crippen LogP contribution in [-0.2, 0) is 0 Å². The number of hydrogen-bond donors (Lipinski definition) is 2. The van der Waals surface area contributed by atoms with Crippen molar-refractivity contribution in [3.63, 3.8) is 0 Å². The Kier molecular flexibility index (Phi) is 3.36. The van der Waals surface area contributed by atoms with E-state index in [0.717, 1.165) is 16.6 Å². The van der Waals surface area contributed by atoms with Gasteiger partial charge in [0, 0.05) is 18.1 Å². The van der Waals surface area contributed by atoms with E-state index in [2.05, 4.69) is 26.7 Å². The summed E-state index contributed by atoms with van der Waals surface area (Å²) in [7, 11) is 1.78. The molecule has 0 saturated heterocycles. The van der Waals surface area contributed by atoms with Crippen LogP contribution in [0.15, 0.2) is 48.5 Å². The predicted octanol–water partition coefficient (Wildman–Crippen LogP) is 3.29. The Labute approximate surface area is 122 Å². The summed E-state index contributed by atoms with van der Waals surface area (Å²) in [6.07, 6.45) is 0. The molecule has 0 radical (unpaired) electrons. The van der Waals surface area contributed by atoms with Crippen LogP contribution in [0.2, 0.25) is 0 Å². The minimum atomic E-state index is 0.549. The van der Waals surface area contributed by atoms with Gasteiger partial charge in [0.1, 0.15) is 5.82 Å². The molecule has 1 heterocycles. The zero-order valence-corrected chi connectivity index (χ0v) is 11.5. The van der Waals surface area contributed by atoms with E-state index in [0.29, 0.717) is 17.3 Å². The maximum absolute atomic E-state index is 8.97. The molecule has 102 valence electrons. The molecule has 0 bridgehead atoms. The van der Waals surface area contributed by atoms with E-state index in [9.17, 15) is 0 Å². The van der Waals surface area contributed by atoms with Gasteiger partial charge in [-0.3, -0.25) is 0 Å². The van der Waals surface area contributed by atoms with Crippen molar-refractivity contribution in [1.82, 2.24) is 9.97 Å². The highest BCUT2D eigenvalue weighted by Crippen LogP contribution is 2.25. The third-order valence-corrected chi connectivity index (χ3v) is 3.08. The summed E-state index contributed by atoms with van der Waals surface area (Å²) in [6, 6.07) is 17.2. The summed E-state index contributed by atoms with van der Waals surface area (Å²) in [6.45, 7) is 0. The second-order valence-electron chi connectivity index (χ2n) is 4.48. The van der Waals surface area contributed by atoms with Gasteiger partial charge in [0.05, 0.1) is 17.1 Å². The average molecular weight is 275 g/mol. The van der Waals surface area contributed by atoms with Crippen LogP contribution >= 0.6 is 0 Å². The number of nitrogens with one attached hydrogen (secondary N) is 2. The van der Waals surface area contributed by atoms with Gasteiger partial charge in [-0.15, -0.1) is 0 Å². The second-order valence-corrected chi connectivity index (χ2v) is 4.48. The zero-order valence-electron chi connectivity index (χ0n) is 11.5. The fourth-order valence-corrected chi connectivity index (χ4v) is 2.09. The lowest BCUT2D eigenvalue weighted by atomic mass is 10.2. The van der Waals surface area contributed by atoms with Gasteiger partial charge in [-0.25, -0.2) is 4.98 Å². The minimum Gasteiger partial charge on any atom is -0.357 e. The Morgan fingerprint density at radius 2 is 1.90 bits per heavy atom. The monoisotopic (exact) mass is 275 g/mol. The zero-order chi connectivity index (χ0) is 14.7.